The van der Waals surface area contributed by atoms with Gasteiger partial charge in [0.25, 0.3) is 0 Å². The van der Waals surface area contributed by atoms with Crippen LogP contribution in [0, 0.1) is 11.3 Å². The minimum atomic E-state index is 0.292. The number of hydrogen-bond donors (Lipinski definition) is 1. The van der Waals surface area contributed by atoms with Gasteiger partial charge in [-0.25, -0.2) is 0 Å². The van der Waals surface area contributed by atoms with Crippen LogP contribution in [0.15, 0.2) is 0 Å². The predicted molar refractivity (Wildman–Crippen MR) is 65.6 cm³/mol. The van der Waals surface area contributed by atoms with Gasteiger partial charge < -0.3 is 10.1 Å². The molecule has 3 saturated carbocycles. The zero-order valence-electron chi connectivity index (χ0n) is 10.7. The van der Waals surface area contributed by atoms with E-state index in [1.54, 1.807) is 0 Å². The van der Waals surface area contributed by atoms with Gasteiger partial charge in [-0.3, -0.25) is 4.79 Å². The van der Waals surface area contributed by atoms with Crippen molar-refractivity contribution >= 4 is 5.91 Å². The molecule has 0 saturated heterocycles. The fraction of sp³-hybridized carbons (Fsp3) is 0.929. The third kappa shape index (κ3) is 1.88. The minimum absolute atomic E-state index is 0.292. The molecule has 3 aliphatic carbocycles. The summed E-state index contributed by atoms with van der Waals surface area (Å²) >= 11 is 0. The molecule has 1 N–H and O–H groups in total. The summed E-state index contributed by atoms with van der Waals surface area (Å²) < 4.78 is 5.85. The third-order valence-electron chi connectivity index (χ3n) is 4.95. The smallest absolute Gasteiger partial charge is 0.223 e. The van der Waals surface area contributed by atoms with E-state index in [1.807, 2.05) is 0 Å². The summed E-state index contributed by atoms with van der Waals surface area (Å²) in [6, 6.07) is 0.398. The van der Waals surface area contributed by atoms with Crippen molar-refractivity contribution in [2.24, 2.45) is 11.3 Å². The van der Waals surface area contributed by atoms with Crippen LogP contribution in [0.1, 0.15) is 51.9 Å². The first kappa shape index (κ1) is 11.5. The van der Waals surface area contributed by atoms with Crippen LogP contribution in [-0.2, 0) is 9.53 Å². The number of rotatable bonds is 4. The van der Waals surface area contributed by atoms with E-state index < -0.39 is 0 Å². The molecule has 17 heavy (non-hydrogen) atoms. The molecule has 0 radical (unpaired) electrons. The van der Waals surface area contributed by atoms with Gasteiger partial charge in [-0.2, -0.15) is 0 Å². The van der Waals surface area contributed by atoms with Crippen LogP contribution < -0.4 is 5.32 Å². The Hall–Kier alpha value is -0.570. The van der Waals surface area contributed by atoms with Gasteiger partial charge in [0.1, 0.15) is 0 Å². The van der Waals surface area contributed by atoms with Crippen molar-refractivity contribution in [1.82, 2.24) is 5.32 Å². The number of nitrogens with one attached hydrogen (secondary N) is 1. The van der Waals surface area contributed by atoms with E-state index in [2.05, 4.69) is 12.2 Å². The first-order valence-electron chi connectivity index (χ1n) is 7.18. The van der Waals surface area contributed by atoms with Gasteiger partial charge in [-0.15, -0.1) is 0 Å². The third-order valence-corrected chi connectivity index (χ3v) is 4.95. The fourth-order valence-electron chi connectivity index (χ4n) is 3.72. The molecule has 1 amide bonds. The van der Waals surface area contributed by atoms with E-state index in [1.165, 1.54) is 25.7 Å². The summed E-state index contributed by atoms with van der Waals surface area (Å²) in [5.74, 6) is 0.635. The van der Waals surface area contributed by atoms with Gasteiger partial charge in [-0.1, -0.05) is 12.8 Å². The topological polar surface area (TPSA) is 38.3 Å². The van der Waals surface area contributed by atoms with Crippen molar-refractivity contribution in [2.75, 3.05) is 6.61 Å². The molecule has 0 aromatic carbocycles. The number of hydrogen-bond acceptors (Lipinski definition) is 2. The van der Waals surface area contributed by atoms with Crippen LogP contribution in [-0.4, -0.2) is 24.7 Å². The van der Waals surface area contributed by atoms with Crippen molar-refractivity contribution in [2.45, 2.75) is 64.0 Å². The van der Waals surface area contributed by atoms with Gasteiger partial charge >= 0.3 is 0 Å². The molecular weight excluding hydrogens is 214 g/mol. The van der Waals surface area contributed by atoms with Crippen molar-refractivity contribution < 1.29 is 9.53 Å². The second kappa shape index (κ2) is 4.27. The lowest BCUT2D eigenvalue weighted by Crippen LogP contribution is -2.63. The number of amides is 1. The molecule has 3 fully saturated rings. The highest BCUT2D eigenvalue weighted by molar-refractivity contribution is 5.81. The Bertz CT molecular complexity index is 305. The van der Waals surface area contributed by atoms with Gasteiger partial charge in [0.05, 0.1) is 6.10 Å². The second-order valence-electron chi connectivity index (χ2n) is 5.96. The number of ether oxygens (including phenoxy) is 1. The van der Waals surface area contributed by atoms with Crippen molar-refractivity contribution in [3.8, 4) is 0 Å². The largest absolute Gasteiger partial charge is 0.378 e. The van der Waals surface area contributed by atoms with Crippen LogP contribution in [0.5, 0.6) is 0 Å². The Labute approximate surface area is 103 Å². The second-order valence-corrected chi connectivity index (χ2v) is 5.96. The monoisotopic (exact) mass is 237 g/mol. The number of carbonyl (C=O) groups excluding carboxylic acids is 1. The molecule has 2 atom stereocenters. The lowest BCUT2D eigenvalue weighted by molar-refractivity contribution is -0.144. The van der Waals surface area contributed by atoms with E-state index in [9.17, 15) is 4.79 Å². The minimum Gasteiger partial charge on any atom is -0.378 e. The van der Waals surface area contributed by atoms with Gasteiger partial charge in [-0.05, 0) is 39.0 Å². The summed E-state index contributed by atoms with van der Waals surface area (Å²) in [6.45, 7) is 2.87. The molecule has 3 heteroatoms. The molecule has 3 aliphatic rings. The average Bonchev–Trinajstić information content (AvgIpc) is 3.04. The molecule has 0 unspecified atom stereocenters. The zero-order chi connectivity index (χ0) is 11.9. The maximum Gasteiger partial charge on any atom is 0.223 e. The van der Waals surface area contributed by atoms with E-state index in [0.29, 0.717) is 29.4 Å². The van der Waals surface area contributed by atoms with Gasteiger partial charge in [0, 0.05) is 24.0 Å². The van der Waals surface area contributed by atoms with Crippen LogP contribution in [0.2, 0.25) is 0 Å². The van der Waals surface area contributed by atoms with E-state index in [0.717, 1.165) is 25.9 Å². The van der Waals surface area contributed by atoms with Crippen molar-refractivity contribution in [3.63, 3.8) is 0 Å². The molecule has 96 valence electrons. The lowest BCUT2D eigenvalue weighted by atomic mass is 9.60. The average molecular weight is 237 g/mol. The maximum absolute atomic E-state index is 11.9. The van der Waals surface area contributed by atoms with E-state index in [4.69, 9.17) is 4.74 Å². The molecular formula is C14H23NO2. The summed E-state index contributed by atoms with van der Waals surface area (Å²) in [7, 11) is 0. The van der Waals surface area contributed by atoms with Crippen molar-refractivity contribution in [1.29, 1.82) is 0 Å². The normalized spacial score (nSPS) is 34.6. The lowest BCUT2D eigenvalue weighted by Gasteiger charge is -2.54. The Balaban J connectivity index is 1.63. The quantitative estimate of drug-likeness (QED) is 0.814. The Kier molecular flexibility index (Phi) is 2.89. The van der Waals surface area contributed by atoms with Crippen LogP contribution in [0.4, 0.5) is 0 Å². The van der Waals surface area contributed by atoms with Crippen LogP contribution >= 0.6 is 0 Å². The van der Waals surface area contributed by atoms with Crippen molar-refractivity contribution in [3.05, 3.63) is 0 Å². The summed E-state index contributed by atoms with van der Waals surface area (Å²) in [4.78, 5) is 11.9. The van der Waals surface area contributed by atoms with Crippen LogP contribution in [0.25, 0.3) is 0 Å². The SMILES string of the molecule is CCO[C@H]1C[C@@H](NC(=O)C2CC2)C12CCCC2. The standard InChI is InChI=1S/C14H23NO2/c1-2-17-12-9-11(14(12)7-3-4-8-14)15-13(16)10-5-6-10/h10-12H,2-9H2,1H3,(H,15,16)/t11-,12+/m1/s1. The van der Waals surface area contributed by atoms with Gasteiger partial charge in [0.2, 0.25) is 5.91 Å². The summed E-state index contributed by atoms with van der Waals surface area (Å²) in [5.41, 5.74) is 0.292. The first-order chi connectivity index (χ1) is 8.26. The molecule has 0 aliphatic heterocycles. The molecule has 0 aromatic heterocycles. The van der Waals surface area contributed by atoms with Gasteiger partial charge in [0.15, 0.2) is 0 Å². The first-order valence-corrected chi connectivity index (χ1v) is 7.18. The highest BCUT2D eigenvalue weighted by Crippen LogP contribution is 2.54. The fourth-order valence-corrected chi connectivity index (χ4v) is 3.72. The summed E-state index contributed by atoms with van der Waals surface area (Å²) in [5, 5.41) is 3.28. The van der Waals surface area contributed by atoms with E-state index >= 15 is 0 Å². The predicted octanol–water partition coefficient (Wildman–Crippen LogP) is 2.25. The van der Waals surface area contributed by atoms with Crippen LogP contribution in [0.3, 0.4) is 0 Å². The molecule has 1 spiro atoms. The highest BCUT2D eigenvalue weighted by Gasteiger charge is 2.57. The maximum atomic E-state index is 11.9. The molecule has 0 aromatic rings. The Morgan fingerprint density at radius 1 is 1.35 bits per heavy atom. The Morgan fingerprint density at radius 2 is 2.06 bits per heavy atom. The molecule has 0 bridgehead atoms. The van der Waals surface area contributed by atoms with E-state index in [-0.39, 0.29) is 0 Å². The highest BCUT2D eigenvalue weighted by atomic mass is 16.5. The molecule has 3 rings (SSSR count). The number of carbonyl (C=O) groups is 1. The summed E-state index contributed by atoms with van der Waals surface area (Å²) in [6.07, 6.45) is 8.73. The molecule has 3 nitrogen and oxygen atoms in total. The molecule has 0 heterocycles. The Morgan fingerprint density at radius 3 is 2.65 bits per heavy atom. The zero-order valence-corrected chi connectivity index (χ0v) is 10.7.